The maximum atomic E-state index is 13.0. The van der Waals surface area contributed by atoms with E-state index >= 15 is 0 Å². The molecule has 7 nitrogen and oxygen atoms in total. The van der Waals surface area contributed by atoms with Gasteiger partial charge in [0.2, 0.25) is 11.1 Å². The smallest absolute Gasteiger partial charge is 0.234 e. The highest BCUT2D eigenvalue weighted by Crippen LogP contribution is 2.16. The molecule has 0 aliphatic carbocycles. The third-order valence-electron chi connectivity index (χ3n) is 2.38. The minimum atomic E-state index is -1.02. The lowest BCUT2D eigenvalue weighted by molar-refractivity contribution is -0.113. The van der Waals surface area contributed by atoms with Crippen molar-refractivity contribution in [2.24, 2.45) is 5.73 Å². The second kappa shape index (κ2) is 7.09. The van der Waals surface area contributed by atoms with Crippen molar-refractivity contribution in [1.82, 2.24) is 20.2 Å². The van der Waals surface area contributed by atoms with E-state index in [9.17, 15) is 13.6 Å². The molecule has 1 heterocycles. The molecule has 0 atom stereocenters. The minimum Gasteiger partial charge on any atom is -0.329 e. The first-order valence-electron chi connectivity index (χ1n) is 5.94. The van der Waals surface area contributed by atoms with Gasteiger partial charge in [0.1, 0.15) is 0 Å². The average Bonchev–Trinajstić information content (AvgIpc) is 2.89. The number of hydrogen-bond acceptors (Lipinski definition) is 6. The zero-order valence-electron chi connectivity index (χ0n) is 10.8. The summed E-state index contributed by atoms with van der Waals surface area (Å²) in [5, 5.41) is 13.9. The number of carbonyl (C=O) groups excluding carboxylic acids is 1. The van der Waals surface area contributed by atoms with E-state index in [0.717, 1.165) is 23.9 Å². The van der Waals surface area contributed by atoms with Gasteiger partial charge in [0.05, 0.1) is 12.3 Å². The Morgan fingerprint density at radius 1 is 1.38 bits per heavy atom. The Hall–Kier alpha value is -2.07. The van der Waals surface area contributed by atoms with Crippen LogP contribution in [0.2, 0.25) is 0 Å². The van der Waals surface area contributed by atoms with Crippen molar-refractivity contribution in [3.8, 4) is 0 Å². The number of rotatable bonds is 6. The molecule has 0 radical (unpaired) electrons. The monoisotopic (exact) mass is 314 g/mol. The number of anilines is 1. The molecule has 1 amide bonds. The van der Waals surface area contributed by atoms with E-state index in [1.54, 1.807) is 0 Å². The summed E-state index contributed by atoms with van der Waals surface area (Å²) in [6, 6.07) is 3.13. The number of amides is 1. The van der Waals surface area contributed by atoms with Gasteiger partial charge in [-0.05, 0) is 22.6 Å². The van der Waals surface area contributed by atoms with Crippen LogP contribution in [0, 0.1) is 11.6 Å². The number of nitrogens with two attached hydrogens (primary N) is 1. The Morgan fingerprint density at radius 2 is 2.19 bits per heavy atom. The van der Waals surface area contributed by atoms with Crippen LogP contribution in [0.15, 0.2) is 23.4 Å². The van der Waals surface area contributed by atoms with Crippen LogP contribution in [-0.4, -0.2) is 38.4 Å². The third kappa shape index (κ3) is 4.20. The fraction of sp³-hybridized carbons (Fsp3) is 0.273. The molecule has 0 aliphatic heterocycles. The molecule has 112 valence electrons. The summed E-state index contributed by atoms with van der Waals surface area (Å²) in [6.45, 7) is 0.819. The molecule has 1 aromatic heterocycles. The molecule has 2 aromatic rings. The van der Waals surface area contributed by atoms with E-state index < -0.39 is 11.6 Å². The summed E-state index contributed by atoms with van der Waals surface area (Å²) in [5.74, 6) is -2.34. The van der Waals surface area contributed by atoms with E-state index in [-0.39, 0.29) is 17.3 Å². The van der Waals surface area contributed by atoms with Gasteiger partial charge >= 0.3 is 0 Å². The van der Waals surface area contributed by atoms with Gasteiger partial charge in [-0.15, -0.1) is 5.10 Å². The maximum Gasteiger partial charge on any atom is 0.234 e. The molecule has 0 unspecified atom stereocenters. The number of tetrazole rings is 1. The number of benzene rings is 1. The van der Waals surface area contributed by atoms with Crippen molar-refractivity contribution in [3.05, 3.63) is 29.8 Å². The number of nitrogens with one attached hydrogen (secondary N) is 1. The van der Waals surface area contributed by atoms with Gasteiger partial charge < -0.3 is 11.1 Å². The fourth-order valence-corrected chi connectivity index (χ4v) is 2.17. The second-order valence-electron chi connectivity index (χ2n) is 3.94. The first-order valence-corrected chi connectivity index (χ1v) is 6.92. The molecule has 21 heavy (non-hydrogen) atoms. The Balaban J connectivity index is 1.89. The number of carbonyl (C=O) groups is 1. The summed E-state index contributed by atoms with van der Waals surface area (Å²) in [5.41, 5.74) is 5.58. The zero-order chi connectivity index (χ0) is 15.2. The van der Waals surface area contributed by atoms with Crippen molar-refractivity contribution in [3.63, 3.8) is 0 Å². The quantitative estimate of drug-likeness (QED) is 0.759. The minimum absolute atomic E-state index is 0.0317. The molecule has 0 bridgehead atoms. The topological polar surface area (TPSA) is 98.7 Å². The zero-order valence-corrected chi connectivity index (χ0v) is 11.6. The number of aromatic nitrogens is 4. The third-order valence-corrected chi connectivity index (χ3v) is 3.33. The Bertz CT molecular complexity index is 635. The lowest BCUT2D eigenvalue weighted by Gasteiger charge is -2.05. The molecule has 0 spiro atoms. The highest BCUT2D eigenvalue weighted by atomic mass is 32.2. The van der Waals surface area contributed by atoms with Crippen molar-refractivity contribution < 1.29 is 13.6 Å². The summed E-state index contributed by atoms with van der Waals surface area (Å²) >= 11 is 1.12. The first-order chi connectivity index (χ1) is 10.1. The standard InChI is InChI=1S/C11H12F2N6OS/c12-8-2-1-7(5-9(8)13)15-10(20)6-21-11-16-17-18-19(11)4-3-14/h1-2,5H,3-4,6,14H2,(H,15,20). The summed E-state index contributed by atoms with van der Waals surface area (Å²) in [4.78, 5) is 11.7. The van der Waals surface area contributed by atoms with Crippen LogP contribution in [0.25, 0.3) is 0 Å². The summed E-state index contributed by atoms with van der Waals surface area (Å²) in [7, 11) is 0. The van der Waals surface area contributed by atoms with Crippen molar-refractivity contribution in [2.75, 3.05) is 17.6 Å². The van der Waals surface area contributed by atoms with E-state index in [1.165, 1.54) is 10.7 Å². The van der Waals surface area contributed by atoms with Gasteiger partial charge in [-0.1, -0.05) is 11.8 Å². The Kier molecular flexibility index (Phi) is 5.17. The van der Waals surface area contributed by atoms with E-state index in [1.807, 2.05) is 0 Å². The van der Waals surface area contributed by atoms with Crippen molar-refractivity contribution >= 4 is 23.4 Å². The van der Waals surface area contributed by atoms with Gasteiger partial charge in [0.25, 0.3) is 0 Å². The van der Waals surface area contributed by atoms with E-state index in [2.05, 4.69) is 20.8 Å². The molecule has 0 fully saturated rings. The second-order valence-corrected chi connectivity index (χ2v) is 4.88. The van der Waals surface area contributed by atoms with Crippen molar-refractivity contribution in [2.45, 2.75) is 11.7 Å². The number of halogens is 2. The van der Waals surface area contributed by atoms with Crippen LogP contribution in [-0.2, 0) is 11.3 Å². The molecule has 10 heteroatoms. The first kappa shape index (κ1) is 15.3. The van der Waals surface area contributed by atoms with Crippen LogP contribution in [0.4, 0.5) is 14.5 Å². The molecular weight excluding hydrogens is 302 g/mol. The van der Waals surface area contributed by atoms with Gasteiger partial charge in [-0.3, -0.25) is 4.79 Å². The number of nitrogens with zero attached hydrogens (tertiary/aromatic N) is 4. The highest BCUT2D eigenvalue weighted by Gasteiger charge is 2.10. The molecular formula is C11H12F2N6OS. The predicted molar refractivity (Wildman–Crippen MR) is 72.6 cm³/mol. The largest absolute Gasteiger partial charge is 0.329 e. The molecule has 1 aromatic carbocycles. The van der Waals surface area contributed by atoms with Crippen LogP contribution in [0.3, 0.4) is 0 Å². The van der Waals surface area contributed by atoms with Gasteiger partial charge in [-0.2, -0.15) is 0 Å². The molecule has 0 saturated heterocycles. The Morgan fingerprint density at radius 3 is 2.90 bits per heavy atom. The van der Waals surface area contributed by atoms with Crippen LogP contribution in [0.5, 0.6) is 0 Å². The fourth-order valence-electron chi connectivity index (χ4n) is 1.46. The van der Waals surface area contributed by atoms with Crippen LogP contribution in [0.1, 0.15) is 0 Å². The molecule has 0 saturated carbocycles. The van der Waals surface area contributed by atoms with Crippen LogP contribution >= 0.6 is 11.8 Å². The summed E-state index contributed by atoms with van der Waals surface area (Å²) in [6.07, 6.45) is 0. The van der Waals surface area contributed by atoms with Gasteiger partial charge in [0.15, 0.2) is 11.6 Å². The highest BCUT2D eigenvalue weighted by molar-refractivity contribution is 7.99. The average molecular weight is 314 g/mol. The molecule has 3 N–H and O–H groups in total. The number of thioether (sulfide) groups is 1. The van der Waals surface area contributed by atoms with E-state index in [4.69, 9.17) is 5.73 Å². The lowest BCUT2D eigenvalue weighted by Crippen LogP contribution is -2.16. The van der Waals surface area contributed by atoms with Crippen LogP contribution < -0.4 is 11.1 Å². The molecule has 2 rings (SSSR count). The maximum absolute atomic E-state index is 13.0. The van der Waals surface area contributed by atoms with Crippen molar-refractivity contribution in [1.29, 1.82) is 0 Å². The van der Waals surface area contributed by atoms with E-state index in [0.29, 0.717) is 18.2 Å². The summed E-state index contributed by atoms with van der Waals surface area (Å²) < 4.78 is 27.2. The SMILES string of the molecule is NCCn1nnnc1SCC(=O)Nc1ccc(F)c(F)c1. The normalized spacial score (nSPS) is 10.6. The Labute approximate surface area is 122 Å². The number of hydrogen-bond donors (Lipinski definition) is 2. The van der Waals surface area contributed by atoms with Gasteiger partial charge in [0, 0.05) is 18.3 Å². The predicted octanol–water partition coefficient (Wildman–Crippen LogP) is 0.641. The van der Waals surface area contributed by atoms with Gasteiger partial charge in [-0.25, -0.2) is 13.5 Å². The lowest BCUT2D eigenvalue weighted by atomic mass is 10.3. The molecule has 0 aliphatic rings.